The average molecular weight is 357 g/mol. The summed E-state index contributed by atoms with van der Waals surface area (Å²) in [6.45, 7) is 4.92. The monoisotopic (exact) mass is 356 g/mol. The molecule has 0 fully saturated rings. The van der Waals surface area contributed by atoms with Crippen molar-refractivity contribution in [3.63, 3.8) is 0 Å². The molecule has 2 aromatic rings. The number of nitrogens with one attached hydrogen (secondary N) is 1. The van der Waals surface area contributed by atoms with E-state index in [9.17, 15) is 0 Å². The Morgan fingerprint density at radius 3 is 2.90 bits per heavy atom. The number of halogens is 1. The van der Waals surface area contributed by atoms with Gasteiger partial charge in [-0.05, 0) is 22.4 Å². The predicted molar refractivity (Wildman–Crippen MR) is 83.0 cm³/mol. The molecule has 2 heterocycles. The summed E-state index contributed by atoms with van der Waals surface area (Å²) < 4.78 is 9.76. The molecule has 2 aromatic heterocycles. The van der Waals surface area contributed by atoms with E-state index in [1.54, 1.807) is 7.11 Å². The number of hydrogen-bond donors (Lipinski definition) is 1. The van der Waals surface area contributed by atoms with Gasteiger partial charge in [0.25, 0.3) is 0 Å². The van der Waals surface area contributed by atoms with Crippen molar-refractivity contribution < 1.29 is 4.74 Å². The van der Waals surface area contributed by atoms with E-state index in [0.29, 0.717) is 19.7 Å². The van der Waals surface area contributed by atoms with Crippen LogP contribution in [0, 0.1) is 0 Å². The van der Waals surface area contributed by atoms with Crippen LogP contribution < -0.4 is 5.32 Å². The molecule has 0 aliphatic heterocycles. The molecule has 0 unspecified atom stereocenters. The molecule has 116 valence electrons. The molecule has 0 saturated heterocycles. The number of ether oxygens (including phenoxy) is 1. The molecule has 7 nitrogen and oxygen atoms in total. The zero-order valence-corrected chi connectivity index (χ0v) is 14.2. The number of aromatic nitrogens is 5. The SMILES string of the molecule is CCc1nn(C)c(Cn2cc(CNCCOC)nn2)c1Br. The van der Waals surface area contributed by atoms with E-state index in [4.69, 9.17) is 4.74 Å². The van der Waals surface area contributed by atoms with Crippen molar-refractivity contribution in [2.45, 2.75) is 26.4 Å². The van der Waals surface area contributed by atoms with Gasteiger partial charge in [-0.3, -0.25) is 4.68 Å². The van der Waals surface area contributed by atoms with Crippen molar-refractivity contribution >= 4 is 15.9 Å². The average Bonchev–Trinajstić information content (AvgIpc) is 3.03. The van der Waals surface area contributed by atoms with Crippen molar-refractivity contribution in [3.05, 3.63) is 27.8 Å². The van der Waals surface area contributed by atoms with Crippen molar-refractivity contribution in [3.8, 4) is 0 Å². The van der Waals surface area contributed by atoms with Gasteiger partial charge < -0.3 is 10.1 Å². The van der Waals surface area contributed by atoms with E-state index in [2.05, 4.69) is 43.6 Å². The van der Waals surface area contributed by atoms with Crippen LogP contribution in [-0.2, 0) is 31.3 Å². The van der Waals surface area contributed by atoms with Gasteiger partial charge in [0, 0.05) is 27.2 Å². The Bertz CT molecular complexity index is 579. The Labute approximate surface area is 132 Å². The van der Waals surface area contributed by atoms with Crippen LogP contribution in [0.3, 0.4) is 0 Å². The van der Waals surface area contributed by atoms with E-state index in [1.807, 2.05) is 22.6 Å². The molecule has 0 bridgehead atoms. The smallest absolute Gasteiger partial charge is 0.0965 e. The van der Waals surface area contributed by atoms with Gasteiger partial charge in [0.15, 0.2) is 0 Å². The van der Waals surface area contributed by atoms with Gasteiger partial charge >= 0.3 is 0 Å². The summed E-state index contributed by atoms with van der Waals surface area (Å²) in [6.07, 6.45) is 2.85. The van der Waals surface area contributed by atoms with Gasteiger partial charge in [-0.25, -0.2) is 4.68 Å². The second-order valence-corrected chi connectivity index (χ2v) is 5.55. The third-order valence-corrected chi connectivity index (χ3v) is 4.11. The van der Waals surface area contributed by atoms with E-state index in [-0.39, 0.29) is 0 Å². The highest BCUT2D eigenvalue weighted by Crippen LogP contribution is 2.22. The predicted octanol–water partition coefficient (Wildman–Crippen LogP) is 1.12. The Morgan fingerprint density at radius 2 is 2.24 bits per heavy atom. The molecule has 1 N–H and O–H groups in total. The summed E-state index contributed by atoms with van der Waals surface area (Å²) in [7, 11) is 3.64. The van der Waals surface area contributed by atoms with Crippen LogP contribution in [0.15, 0.2) is 10.7 Å². The minimum Gasteiger partial charge on any atom is -0.383 e. The first-order valence-electron chi connectivity index (χ1n) is 6.94. The maximum atomic E-state index is 4.98. The zero-order chi connectivity index (χ0) is 15.2. The fraction of sp³-hybridized carbons (Fsp3) is 0.615. The van der Waals surface area contributed by atoms with Gasteiger partial charge in [0.2, 0.25) is 0 Å². The molecule has 0 aliphatic carbocycles. The number of aryl methyl sites for hydroxylation is 2. The van der Waals surface area contributed by atoms with Crippen LogP contribution in [0.4, 0.5) is 0 Å². The van der Waals surface area contributed by atoms with E-state index in [1.165, 1.54) is 0 Å². The van der Waals surface area contributed by atoms with Crippen molar-refractivity contribution in [1.29, 1.82) is 0 Å². The highest BCUT2D eigenvalue weighted by molar-refractivity contribution is 9.10. The lowest BCUT2D eigenvalue weighted by atomic mass is 10.3. The topological polar surface area (TPSA) is 69.8 Å². The molecule has 0 spiro atoms. The number of nitrogens with zero attached hydrogens (tertiary/aromatic N) is 5. The lowest BCUT2D eigenvalue weighted by Crippen LogP contribution is -2.18. The summed E-state index contributed by atoms with van der Waals surface area (Å²) in [5.41, 5.74) is 3.07. The fourth-order valence-corrected chi connectivity index (χ4v) is 2.77. The second-order valence-electron chi connectivity index (χ2n) is 4.76. The Morgan fingerprint density at radius 1 is 1.43 bits per heavy atom. The molecule has 0 atom stereocenters. The van der Waals surface area contributed by atoms with Gasteiger partial charge in [0.05, 0.1) is 40.9 Å². The molecule has 0 amide bonds. The van der Waals surface area contributed by atoms with Crippen molar-refractivity contribution in [2.75, 3.05) is 20.3 Å². The van der Waals surface area contributed by atoms with Crippen molar-refractivity contribution in [1.82, 2.24) is 30.1 Å². The maximum Gasteiger partial charge on any atom is 0.0965 e. The molecular weight excluding hydrogens is 336 g/mol. The van der Waals surface area contributed by atoms with Crippen LogP contribution in [0.5, 0.6) is 0 Å². The highest BCUT2D eigenvalue weighted by atomic mass is 79.9. The van der Waals surface area contributed by atoms with Gasteiger partial charge in [-0.1, -0.05) is 12.1 Å². The first-order valence-corrected chi connectivity index (χ1v) is 7.73. The number of methoxy groups -OCH3 is 1. The van der Waals surface area contributed by atoms with E-state index >= 15 is 0 Å². The largest absolute Gasteiger partial charge is 0.383 e. The van der Waals surface area contributed by atoms with Crippen LogP contribution in [0.25, 0.3) is 0 Å². The van der Waals surface area contributed by atoms with Gasteiger partial charge in [0.1, 0.15) is 0 Å². The molecule has 8 heteroatoms. The zero-order valence-electron chi connectivity index (χ0n) is 12.6. The third-order valence-electron chi connectivity index (χ3n) is 3.19. The summed E-state index contributed by atoms with van der Waals surface area (Å²) in [6, 6.07) is 0. The van der Waals surface area contributed by atoms with Crippen LogP contribution in [-0.4, -0.2) is 45.0 Å². The lowest BCUT2D eigenvalue weighted by molar-refractivity contribution is 0.199. The minimum absolute atomic E-state index is 0.648. The standard InChI is InChI=1S/C13H21BrN6O/c1-4-11-13(14)12(19(2)17-11)9-20-8-10(16-18-20)7-15-5-6-21-3/h8,15H,4-7,9H2,1-3H3. The first kappa shape index (κ1) is 16.1. The molecule has 0 radical (unpaired) electrons. The number of rotatable bonds is 8. The molecular formula is C13H21BrN6O. The van der Waals surface area contributed by atoms with Crippen LogP contribution in [0.1, 0.15) is 24.0 Å². The highest BCUT2D eigenvalue weighted by Gasteiger charge is 2.13. The van der Waals surface area contributed by atoms with Crippen LogP contribution >= 0.6 is 15.9 Å². The quantitative estimate of drug-likeness (QED) is 0.717. The summed E-state index contributed by atoms with van der Waals surface area (Å²) in [5, 5.41) is 16.1. The maximum absolute atomic E-state index is 4.98. The normalized spacial score (nSPS) is 11.2. The molecule has 0 aromatic carbocycles. The Hall–Kier alpha value is -1.25. The molecule has 0 saturated carbocycles. The Balaban J connectivity index is 1.98. The number of hydrogen-bond acceptors (Lipinski definition) is 5. The summed E-state index contributed by atoms with van der Waals surface area (Å²) in [4.78, 5) is 0. The molecule has 2 rings (SSSR count). The van der Waals surface area contributed by atoms with Gasteiger partial charge in [-0.2, -0.15) is 5.10 Å². The minimum atomic E-state index is 0.648. The molecule has 21 heavy (non-hydrogen) atoms. The first-order chi connectivity index (χ1) is 10.2. The lowest BCUT2D eigenvalue weighted by Gasteiger charge is -2.02. The third kappa shape index (κ3) is 4.12. The van der Waals surface area contributed by atoms with E-state index < -0.39 is 0 Å². The molecule has 0 aliphatic rings. The second kappa shape index (κ2) is 7.67. The van der Waals surface area contributed by atoms with E-state index in [0.717, 1.165) is 34.5 Å². The summed E-state index contributed by atoms with van der Waals surface area (Å²) >= 11 is 3.61. The van der Waals surface area contributed by atoms with Crippen molar-refractivity contribution in [2.24, 2.45) is 7.05 Å². The summed E-state index contributed by atoms with van der Waals surface area (Å²) in [5.74, 6) is 0. The fourth-order valence-electron chi connectivity index (χ4n) is 2.03. The Kier molecular flexibility index (Phi) is 5.89. The van der Waals surface area contributed by atoms with Crippen LogP contribution in [0.2, 0.25) is 0 Å². The van der Waals surface area contributed by atoms with Gasteiger partial charge in [-0.15, -0.1) is 5.10 Å².